The summed E-state index contributed by atoms with van der Waals surface area (Å²) in [5.41, 5.74) is 7.07. The summed E-state index contributed by atoms with van der Waals surface area (Å²) < 4.78 is 0. The van der Waals surface area contributed by atoms with Gasteiger partial charge in [0.15, 0.2) is 5.82 Å². The van der Waals surface area contributed by atoms with Gasteiger partial charge in [-0.1, -0.05) is 17.2 Å². The molecule has 90 valence electrons. The fourth-order valence-corrected chi connectivity index (χ4v) is 1.94. The van der Waals surface area contributed by atoms with Crippen molar-refractivity contribution in [3.63, 3.8) is 0 Å². The van der Waals surface area contributed by atoms with Crippen LogP contribution in [-0.2, 0) is 0 Å². The van der Waals surface area contributed by atoms with E-state index in [4.69, 9.17) is 11.1 Å². The fraction of sp³-hybridized carbons (Fsp3) is 0.143. The van der Waals surface area contributed by atoms with Crippen LogP contribution in [0.4, 0.5) is 5.82 Å². The second kappa shape index (κ2) is 4.86. The van der Waals surface area contributed by atoms with Gasteiger partial charge in [-0.15, -0.1) is 0 Å². The van der Waals surface area contributed by atoms with Gasteiger partial charge in [-0.2, -0.15) is 5.26 Å². The fourth-order valence-electron chi connectivity index (χ4n) is 1.94. The van der Waals surface area contributed by atoms with Crippen LogP contribution in [0, 0.1) is 25.2 Å². The summed E-state index contributed by atoms with van der Waals surface area (Å²) in [4.78, 5) is 4.36. The molecule has 0 saturated carbocycles. The molecular weight excluding hydrogens is 224 g/mol. The van der Waals surface area contributed by atoms with Crippen molar-refractivity contribution < 1.29 is 0 Å². The molecule has 1 aromatic carbocycles. The predicted molar refractivity (Wildman–Crippen MR) is 71.7 cm³/mol. The van der Waals surface area contributed by atoms with Gasteiger partial charge in [0, 0.05) is 5.56 Å². The van der Waals surface area contributed by atoms with E-state index in [-0.39, 0.29) is 0 Å². The van der Waals surface area contributed by atoms with E-state index in [1.165, 1.54) is 11.1 Å². The number of nitrogen functional groups attached to an aromatic ring is 1. The van der Waals surface area contributed by atoms with Crippen molar-refractivity contribution in [2.75, 3.05) is 5.43 Å². The van der Waals surface area contributed by atoms with Crippen LogP contribution in [0.2, 0.25) is 0 Å². The van der Waals surface area contributed by atoms with E-state index >= 15 is 0 Å². The monoisotopic (exact) mass is 238 g/mol. The SMILES string of the molecule is Cc1cc(C)cc(-c2ccc(C#N)c(NN)n2)c1. The van der Waals surface area contributed by atoms with Crippen LogP contribution in [0.25, 0.3) is 11.3 Å². The first kappa shape index (κ1) is 12.1. The molecule has 18 heavy (non-hydrogen) atoms. The molecule has 0 aliphatic carbocycles. The highest BCUT2D eigenvalue weighted by atomic mass is 15.2. The molecule has 2 aromatic rings. The van der Waals surface area contributed by atoms with Crippen LogP contribution >= 0.6 is 0 Å². The molecule has 0 aliphatic rings. The van der Waals surface area contributed by atoms with E-state index in [0.29, 0.717) is 11.4 Å². The number of anilines is 1. The zero-order chi connectivity index (χ0) is 13.1. The van der Waals surface area contributed by atoms with Crippen molar-refractivity contribution in [1.29, 1.82) is 5.26 Å². The number of nitrogens with zero attached hydrogens (tertiary/aromatic N) is 2. The maximum atomic E-state index is 8.91. The largest absolute Gasteiger partial charge is 0.307 e. The van der Waals surface area contributed by atoms with Crippen molar-refractivity contribution >= 4 is 5.82 Å². The van der Waals surface area contributed by atoms with E-state index in [0.717, 1.165) is 11.3 Å². The van der Waals surface area contributed by atoms with Crippen LogP contribution in [0.3, 0.4) is 0 Å². The average molecular weight is 238 g/mol. The number of hydrazine groups is 1. The molecule has 2 rings (SSSR count). The lowest BCUT2D eigenvalue weighted by Crippen LogP contribution is -2.10. The topological polar surface area (TPSA) is 74.7 Å². The first-order valence-corrected chi connectivity index (χ1v) is 5.60. The Bertz CT molecular complexity index is 606. The summed E-state index contributed by atoms with van der Waals surface area (Å²) in [5.74, 6) is 5.77. The Hall–Kier alpha value is -2.38. The molecule has 0 unspecified atom stereocenters. The maximum absolute atomic E-state index is 8.91. The first-order valence-electron chi connectivity index (χ1n) is 5.60. The Labute approximate surface area is 106 Å². The van der Waals surface area contributed by atoms with Crippen molar-refractivity contribution in [3.8, 4) is 17.3 Å². The molecule has 4 heteroatoms. The number of benzene rings is 1. The van der Waals surface area contributed by atoms with E-state index in [1.807, 2.05) is 26.0 Å². The summed E-state index contributed by atoms with van der Waals surface area (Å²) in [7, 11) is 0. The van der Waals surface area contributed by atoms with Crippen molar-refractivity contribution in [2.45, 2.75) is 13.8 Å². The van der Waals surface area contributed by atoms with Crippen LogP contribution in [0.5, 0.6) is 0 Å². The zero-order valence-corrected chi connectivity index (χ0v) is 10.4. The van der Waals surface area contributed by atoms with E-state index in [9.17, 15) is 0 Å². The highest BCUT2D eigenvalue weighted by molar-refractivity contribution is 5.65. The lowest BCUT2D eigenvalue weighted by atomic mass is 10.0. The summed E-state index contributed by atoms with van der Waals surface area (Å²) in [6, 6.07) is 11.8. The number of hydrogen-bond donors (Lipinski definition) is 2. The molecule has 3 N–H and O–H groups in total. The van der Waals surface area contributed by atoms with Gasteiger partial charge < -0.3 is 5.43 Å². The van der Waals surface area contributed by atoms with Crippen LogP contribution < -0.4 is 11.3 Å². The number of rotatable bonds is 2. The van der Waals surface area contributed by atoms with Gasteiger partial charge >= 0.3 is 0 Å². The lowest BCUT2D eigenvalue weighted by Gasteiger charge is -2.07. The minimum absolute atomic E-state index is 0.397. The van der Waals surface area contributed by atoms with Crippen molar-refractivity contribution in [3.05, 3.63) is 47.0 Å². The summed E-state index contributed by atoms with van der Waals surface area (Å²) in [5, 5.41) is 8.91. The first-order chi connectivity index (χ1) is 8.63. The molecule has 0 saturated heterocycles. The Morgan fingerprint density at radius 3 is 2.39 bits per heavy atom. The van der Waals surface area contributed by atoms with E-state index in [2.05, 4.69) is 28.6 Å². The number of aryl methyl sites for hydroxylation is 2. The highest BCUT2D eigenvalue weighted by Crippen LogP contribution is 2.23. The number of pyridine rings is 1. The summed E-state index contributed by atoms with van der Waals surface area (Å²) in [6.45, 7) is 4.09. The Kier molecular flexibility index (Phi) is 3.26. The second-order valence-electron chi connectivity index (χ2n) is 4.23. The standard InChI is InChI=1S/C14H14N4/c1-9-5-10(2)7-12(6-9)13-4-3-11(8-15)14(17-13)18-16/h3-7H,16H2,1-2H3,(H,17,18). The molecule has 0 amide bonds. The number of hydrogen-bond acceptors (Lipinski definition) is 4. The molecule has 0 radical (unpaired) electrons. The van der Waals surface area contributed by atoms with Gasteiger partial charge in [0.25, 0.3) is 0 Å². The predicted octanol–water partition coefficient (Wildman–Crippen LogP) is 2.52. The third-order valence-corrected chi connectivity index (χ3v) is 2.67. The molecule has 0 bridgehead atoms. The maximum Gasteiger partial charge on any atom is 0.158 e. The highest BCUT2D eigenvalue weighted by Gasteiger charge is 2.06. The van der Waals surface area contributed by atoms with Gasteiger partial charge in [-0.25, -0.2) is 10.8 Å². The number of nitriles is 1. The molecule has 1 heterocycles. The quantitative estimate of drug-likeness (QED) is 0.622. The molecular formula is C14H14N4. The van der Waals surface area contributed by atoms with Gasteiger partial charge in [-0.05, 0) is 38.1 Å². The van der Waals surface area contributed by atoms with Gasteiger partial charge in [0.1, 0.15) is 6.07 Å². The summed E-state index contributed by atoms with van der Waals surface area (Å²) in [6.07, 6.45) is 0. The average Bonchev–Trinajstić information content (AvgIpc) is 2.36. The number of aromatic nitrogens is 1. The minimum Gasteiger partial charge on any atom is -0.307 e. The number of nitrogens with two attached hydrogens (primary N) is 1. The van der Waals surface area contributed by atoms with Gasteiger partial charge in [0.05, 0.1) is 11.3 Å². The van der Waals surface area contributed by atoms with Crippen LogP contribution in [-0.4, -0.2) is 4.98 Å². The molecule has 0 aliphatic heterocycles. The molecule has 0 spiro atoms. The Morgan fingerprint density at radius 2 is 1.83 bits per heavy atom. The second-order valence-corrected chi connectivity index (χ2v) is 4.23. The van der Waals surface area contributed by atoms with E-state index < -0.39 is 0 Å². The van der Waals surface area contributed by atoms with E-state index in [1.54, 1.807) is 6.07 Å². The van der Waals surface area contributed by atoms with Gasteiger partial charge in [-0.3, -0.25) is 0 Å². The minimum atomic E-state index is 0.397. The van der Waals surface area contributed by atoms with Crippen molar-refractivity contribution in [2.24, 2.45) is 5.84 Å². The number of nitrogens with one attached hydrogen (secondary N) is 1. The Balaban J connectivity index is 2.54. The third-order valence-electron chi connectivity index (χ3n) is 2.67. The lowest BCUT2D eigenvalue weighted by molar-refractivity contribution is 1.21. The smallest absolute Gasteiger partial charge is 0.158 e. The third kappa shape index (κ3) is 2.31. The molecule has 1 aromatic heterocycles. The summed E-state index contributed by atoms with van der Waals surface area (Å²) >= 11 is 0. The van der Waals surface area contributed by atoms with Crippen LogP contribution in [0.15, 0.2) is 30.3 Å². The molecule has 0 atom stereocenters. The molecule has 0 fully saturated rings. The Morgan fingerprint density at radius 1 is 1.17 bits per heavy atom. The zero-order valence-electron chi connectivity index (χ0n) is 10.4. The normalized spacial score (nSPS) is 9.89. The van der Waals surface area contributed by atoms with Gasteiger partial charge in [0.2, 0.25) is 0 Å². The van der Waals surface area contributed by atoms with Crippen molar-refractivity contribution in [1.82, 2.24) is 4.98 Å². The molecule has 4 nitrogen and oxygen atoms in total. The van der Waals surface area contributed by atoms with Crippen LogP contribution in [0.1, 0.15) is 16.7 Å².